The van der Waals surface area contributed by atoms with Crippen LogP contribution < -0.4 is 10.7 Å². The Labute approximate surface area is 159 Å². The molecule has 0 bridgehead atoms. The van der Waals surface area contributed by atoms with E-state index in [1.807, 2.05) is 32.9 Å². The first-order valence-corrected chi connectivity index (χ1v) is 8.92. The number of nitrogens with zero attached hydrogens (tertiary/aromatic N) is 2. The number of carbonyl (C=O) groups excluding carboxylic acids is 1. The van der Waals surface area contributed by atoms with Crippen LogP contribution in [-0.2, 0) is 4.74 Å². The fraction of sp³-hybridized carbons (Fsp3) is 0.316. The lowest BCUT2D eigenvalue weighted by Crippen LogP contribution is -2.31. The molecule has 26 heavy (non-hydrogen) atoms. The van der Waals surface area contributed by atoms with E-state index in [2.05, 4.69) is 26.5 Å². The number of aryl methyl sites for hydroxylation is 1. The highest BCUT2D eigenvalue weighted by molar-refractivity contribution is 7.80. The lowest BCUT2D eigenvalue weighted by Gasteiger charge is -2.10. The van der Waals surface area contributed by atoms with Gasteiger partial charge in [-0.05, 0) is 70.2 Å². The van der Waals surface area contributed by atoms with Crippen molar-refractivity contribution >= 4 is 29.5 Å². The van der Waals surface area contributed by atoms with Gasteiger partial charge in [-0.2, -0.15) is 5.10 Å². The van der Waals surface area contributed by atoms with Crippen molar-refractivity contribution < 1.29 is 9.53 Å². The maximum atomic E-state index is 11.8. The maximum absolute atomic E-state index is 11.8. The molecule has 0 saturated heterocycles. The van der Waals surface area contributed by atoms with Crippen LogP contribution in [0.5, 0.6) is 0 Å². The Balaban J connectivity index is 2.20. The van der Waals surface area contributed by atoms with E-state index >= 15 is 0 Å². The highest BCUT2D eigenvalue weighted by Crippen LogP contribution is 2.20. The molecule has 0 aliphatic carbocycles. The molecule has 0 unspecified atom stereocenters. The van der Waals surface area contributed by atoms with Crippen molar-refractivity contribution in [3.8, 4) is 5.69 Å². The van der Waals surface area contributed by atoms with Crippen molar-refractivity contribution in [1.82, 2.24) is 15.3 Å². The zero-order valence-electron chi connectivity index (χ0n) is 15.5. The summed E-state index contributed by atoms with van der Waals surface area (Å²) in [4.78, 5) is 11.8. The molecule has 0 aliphatic rings. The van der Waals surface area contributed by atoms with Gasteiger partial charge in [0, 0.05) is 29.2 Å². The lowest BCUT2D eigenvalue weighted by molar-refractivity contribution is 0.0526. The van der Waals surface area contributed by atoms with Gasteiger partial charge in [0.05, 0.1) is 18.4 Å². The number of aromatic nitrogens is 1. The Morgan fingerprint density at radius 2 is 1.96 bits per heavy atom. The van der Waals surface area contributed by atoms with Gasteiger partial charge in [0.2, 0.25) is 0 Å². The number of thiocarbonyl (C=S) groups is 1. The summed E-state index contributed by atoms with van der Waals surface area (Å²) in [6.45, 7) is 8.93. The number of carbonyl (C=O) groups is 1. The molecule has 0 radical (unpaired) electrons. The van der Waals surface area contributed by atoms with Crippen LogP contribution >= 0.6 is 12.2 Å². The molecule has 2 aromatic rings. The molecular formula is C19H24N4O2S. The topological polar surface area (TPSA) is 67.7 Å². The van der Waals surface area contributed by atoms with Gasteiger partial charge in [-0.25, -0.2) is 4.79 Å². The molecule has 0 aliphatic heterocycles. The fourth-order valence-electron chi connectivity index (χ4n) is 2.64. The van der Waals surface area contributed by atoms with Crippen LogP contribution in [0.4, 0.5) is 0 Å². The Hall–Kier alpha value is -2.67. The molecule has 0 spiro atoms. The van der Waals surface area contributed by atoms with Crippen molar-refractivity contribution in [2.75, 3.05) is 13.2 Å². The Kier molecular flexibility index (Phi) is 6.91. The molecule has 0 atom stereocenters. The van der Waals surface area contributed by atoms with Crippen molar-refractivity contribution in [1.29, 1.82) is 0 Å². The third kappa shape index (κ3) is 4.70. The average Bonchev–Trinajstić information content (AvgIpc) is 2.89. The van der Waals surface area contributed by atoms with Crippen LogP contribution in [0.1, 0.15) is 41.2 Å². The highest BCUT2D eigenvalue weighted by Gasteiger charge is 2.11. The largest absolute Gasteiger partial charge is 0.462 e. The third-order valence-corrected chi connectivity index (χ3v) is 4.05. The first-order chi connectivity index (χ1) is 12.5. The third-order valence-electron chi connectivity index (χ3n) is 3.81. The Bertz CT molecular complexity index is 810. The molecule has 1 heterocycles. The minimum absolute atomic E-state index is 0.310. The molecule has 2 N–H and O–H groups in total. The number of hydrazone groups is 1. The van der Waals surface area contributed by atoms with E-state index in [4.69, 9.17) is 17.0 Å². The molecule has 0 fully saturated rings. The van der Waals surface area contributed by atoms with Crippen molar-refractivity contribution in [3.05, 3.63) is 52.8 Å². The quantitative estimate of drug-likeness (QED) is 0.353. The van der Waals surface area contributed by atoms with Crippen LogP contribution in [0.3, 0.4) is 0 Å². The smallest absolute Gasteiger partial charge is 0.338 e. The van der Waals surface area contributed by atoms with Crippen LogP contribution in [0.2, 0.25) is 0 Å². The minimum atomic E-state index is -0.310. The SMILES string of the molecule is CCNC(=S)N/N=C\c1cc(C)n(-c2ccc(C(=O)OCC)cc2)c1C. The molecule has 6 nitrogen and oxygen atoms in total. The molecule has 1 aromatic heterocycles. The number of rotatable bonds is 6. The number of hydrogen-bond acceptors (Lipinski definition) is 4. The zero-order chi connectivity index (χ0) is 19.1. The van der Waals surface area contributed by atoms with Gasteiger partial charge < -0.3 is 14.6 Å². The molecule has 1 aromatic carbocycles. The van der Waals surface area contributed by atoms with Gasteiger partial charge in [0.1, 0.15) is 0 Å². The van der Waals surface area contributed by atoms with Crippen molar-refractivity contribution in [2.45, 2.75) is 27.7 Å². The lowest BCUT2D eigenvalue weighted by atomic mass is 10.2. The minimum Gasteiger partial charge on any atom is -0.462 e. The number of esters is 1. The summed E-state index contributed by atoms with van der Waals surface area (Å²) >= 11 is 5.08. The zero-order valence-corrected chi connectivity index (χ0v) is 16.3. The van der Waals surface area contributed by atoms with E-state index in [1.165, 1.54) is 0 Å². The van der Waals surface area contributed by atoms with Crippen molar-refractivity contribution in [3.63, 3.8) is 0 Å². The highest BCUT2D eigenvalue weighted by atomic mass is 32.1. The molecule has 7 heteroatoms. The standard InChI is InChI=1S/C19H24N4O2S/c1-5-20-19(26)22-21-12-16-11-13(3)23(14(16)4)17-9-7-15(8-10-17)18(24)25-6-2/h7-12H,5-6H2,1-4H3,(H2,20,22,26)/b21-12-. The second-order valence-electron chi connectivity index (χ2n) is 5.66. The van der Waals surface area contributed by atoms with Gasteiger partial charge in [-0.15, -0.1) is 0 Å². The van der Waals surface area contributed by atoms with Crippen LogP contribution in [-0.4, -0.2) is 35.0 Å². The first-order valence-electron chi connectivity index (χ1n) is 8.51. The average molecular weight is 372 g/mol. The van der Waals surface area contributed by atoms with Crippen LogP contribution in [0.25, 0.3) is 5.69 Å². The van der Waals surface area contributed by atoms with Gasteiger partial charge in [-0.3, -0.25) is 5.43 Å². The van der Waals surface area contributed by atoms with Crippen LogP contribution in [0, 0.1) is 13.8 Å². The van der Waals surface area contributed by atoms with Gasteiger partial charge in [0.15, 0.2) is 5.11 Å². The Morgan fingerprint density at radius 3 is 2.58 bits per heavy atom. The molecular weight excluding hydrogens is 348 g/mol. The molecule has 0 saturated carbocycles. The summed E-state index contributed by atoms with van der Waals surface area (Å²) < 4.78 is 7.13. The second kappa shape index (κ2) is 9.15. The number of nitrogens with one attached hydrogen (secondary N) is 2. The van der Waals surface area contributed by atoms with E-state index in [-0.39, 0.29) is 5.97 Å². The fourth-order valence-corrected chi connectivity index (χ4v) is 2.83. The van der Waals surface area contributed by atoms with E-state index in [0.29, 0.717) is 17.3 Å². The van der Waals surface area contributed by atoms with E-state index in [1.54, 1.807) is 25.3 Å². The number of benzene rings is 1. The van der Waals surface area contributed by atoms with E-state index in [9.17, 15) is 4.79 Å². The monoisotopic (exact) mass is 372 g/mol. The summed E-state index contributed by atoms with van der Waals surface area (Å²) in [6, 6.07) is 9.42. The Morgan fingerprint density at radius 1 is 1.27 bits per heavy atom. The molecule has 2 rings (SSSR count). The second-order valence-corrected chi connectivity index (χ2v) is 6.07. The summed E-state index contributed by atoms with van der Waals surface area (Å²) in [5, 5.41) is 7.64. The van der Waals surface area contributed by atoms with Crippen LogP contribution in [0.15, 0.2) is 35.4 Å². The summed E-state index contributed by atoms with van der Waals surface area (Å²) in [5.74, 6) is -0.310. The molecule has 0 amide bonds. The predicted octanol–water partition coefficient (Wildman–Crippen LogP) is 3.09. The summed E-state index contributed by atoms with van der Waals surface area (Å²) in [7, 11) is 0. The molecule has 138 valence electrons. The maximum Gasteiger partial charge on any atom is 0.338 e. The summed E-state index contributed by atoms with van der Waals surface area (Å²) in [6.07, 6.45) is 1.75. The number of hydrogen-bond donors (Lipinski definition) is 2. The van der Waals surface area contributed by atoms with Gasteiger partial charge in [0.25, 0.3) is 0 Å². The normalized spacial score (nSPS) is 10.8. The first kappa shape index (κ1) is 19.7. The predicted molar refractivity (Wildman–Crippen MR) is 108 cm³/mol. The van der Waals surface area contributed by atoms with Gasteiger partial charge >= 0.3 is 5.97 Å². The number of ether oxygens (including phenoxy) is 1. The van der Waals surface area contributed by atoms with Gasteiger partial charge in [-0.1, -0.05) is 0 Å². The summed E-state index contributed by atoms with van der Waals surface area (Å²) in [5.41, 5.74) is 7.42. The van der Waals surface area contributed by atoms with Crippen molar-refractivity contribution in [2.24, 2.45) is 5.10 Å². The van der Waals surface area contributed by atoms with E-state index in [0.717, 1.165) is 29.2 Å². The van der Waals surface area contributed by atoms with E-state index < -0.39 is 0 Å².